The highest BCUT2D eigenvalue weighted by Gasteiger charge is 2.16. The minimum absolute atomic E-state index is 0.242. The molecular weight excluding hydrogens is 279 g/mol. The summed E-state index contributed by atoms with van der Waals surface area (Å²) >= 11 is 6.09. The summed E-state index contributed by atoms with van der Waals surface area (Å²) in [6, 6.07) is 9.98. The van der Waals surface area contributed by atoms with Crippen molar-refractivity contribution < 1.29 is 9.18 Å². The van der Waals surface area contributed by atoms with Crippen LogP contribution in [0.1, 0.15) is 22.8 Å². The summed E-state index contributed by atoms with van der Waals surface area (Å²) in [5, 5.41) is 0.611. The Kier molecular flexibility index (Phi) is 4.69. The van der Waals surface area contributed by atoms with Crippen molar-refractivity contribution in [3.05, 3.63) is 64.7 Å². The summed E-state index contributed by atoms with van der Waals surface area (Å²) in [6.07, 6.45) is 1.28. The van der Waals surface area contributed by atoms with E-state index in [1.807, 2.05) is 25.1 Å². The molecule has 0 spiro atoms. The summed E-state index contributed by atoms with van der Waals surface area (Å²) in [5.41, 5.74) is 1.14. The van der Waals surface area contributed by atoms with Crippen LogP contribution in [-0.2, 0) is 6.54 Å². The van der Waals surface area contributed by atoms with E-state index in [9.17, 15) is 9.18 Å². The quantitative estimate of drug-likeness (QED) is 0.808. The van der Waals surface area contributed by atoms with Crippen molar-refractivity contribution in [3.63, 3.8) is 0 Å². The monoisotopic (exact) mass is 292 g/mol. The van der Waals surface area contributed by atoms with Crippen molar-refractivity contribution in [2.24, 2.45) is 0 Å². The zero-order valence-corrected chi connectivity index (χ0v) is 11.8. The second-order valence-corrected chi connectivity index (χ2v) is 4.69. The Bertz CT molecular complexity index is 618. The molecule has 0 aliphatic rings. The lowest BCUT2D eigenvalue weighted by atomic mass is 10.2. The molecular formula is C15H14ClFN2O. The maximum atomic E-state index is 13.1. The van der Waals surface area contributed by atoms with E-state index >= 15 is 0 Å². The van der Waals surface area contributed by atoms with Crippen LogP contribution < -0.4 is 0 Å². The Morgan fingerprint density at radius 2 is 2.10 bits per heavy atom. The summed E-state index contributed by atoms with van der Waals surface area (Å²) in [6.45, 7) is 2.76. The van der Waals surface area contributed by atoms with Gasteiger partial charge in [0.15, 0.2) is 0 Å². The van der Waals surface area contributed by atoms with Gasteiger partial charge in [-0.3, -0.25) is 4.79 Å². The zero-order valence-electron chi connectivity index (χ0n) is 11.0. The second kappa shape index (κ2) is 6.48. The van der Waals surface area contributed by atoms with Crippen molar-refractivity contribution >= 4 is 17.5 Å². The van der Waals surface area contributed by atoms with Crippen LogP contribution in [0.5, 0.6) is 0 Å². The van der Waals surface area contributed by atoms with E-state index in [0.717, 1.165) is 11.6 Å². The molecule has 0 atom stereocenters. The third kappa shape index (κ3) is 3.33. The van der Waals surface area contributed by atoms with Gasteiger partial charge in [-0.05, 0) is 24.6 Å². The molecule has 20 heavy (non-hydrogen) atoms. The van der Waals surface area contributed by atoms with Gasteiger partial charge in [0, 0.05) is 35.9 Å². The highest BCUT2D eigenvalue weighted by atomic mass is 35.5. The average Bonchev–Trinajstić information content (AvgIpc) is 2.46. The van der Waals surface area contributed by atoms with E-state index < -0.39 is 5.95 Å². The molecule has 5 heteroatoms. The molecule has 2 rings (SSSR count). The zero-order chi connectivity index (χ0) is 14.5. The molecule has 1 aromatic carbocycles. The molecule has 1 amide bonds. The summed E-state index contributed by atoms with van der Waals surface area (Å²) in [4.78, 5) is 17.4. The van der Waals surface area contributed by atoms with Crippen LogP contribution >= 0.6 is 11.6 Å². The van der Waals surface area contributed by atoms with E-state index in [1.165, 1.54) is 12.3 Å². The molecule has 0 saturated carbocycles. The number of rotatable bonds is 4. The number of hydrogen-bond donors (Lipinski definition) is 0. The normalized spacial score (nSPS) is 10.3. The van der Waals surface area contributed by atoms with Gasteiger partial charge in [0.25, 0.3) is 5.91 Å². The van der Waals surface area contributed by atoms with Crippen LogP contribution in [0.4, 0.5) is 4.39 Å². The number of benzene rings is 1. The van der Waals surface area contributed by atoms with Crippen LogP contribution in [-0.4, -0.2) is 22.3 Å². The highest BCUT2D eigenvalue weighted by molar-refractivity contribution is 6.31. The topological polar surface area (TPSA) is 33.2 Å². The fourth-order valence-electron chi connectivity index (χ4n) is 1.88. The summed E-state index contributed by atoms with van der Waals surface area (Å²) in [5.74, 6) is -0.904. The van der Waals surface area contributed by atoms with Crippen LogP contribution in [0.2, 0.25) is 5.02 Å². The molecule has 2 aromatic rings. The molecule has 3 nitrogen and oxygen atoms in total. The third-order valence-corrected chi connectivity index (χ3v) is 3.33. The summed E-state index contributed by atoms with van der Waals surface area (Å²) in [7, 11) is 0. The van der Waals surface area contributed by atoms with Gasteiger partial charge < -0.3 is 4.90 Å². The lowest BCUT2D eigenvalue weighted by Gasteiger charge is -2.21. The molecule has 0 N–H and O–H groups in total. The number of hydrogen-bond acceptors (Lipinski definition) is 2. The lowest BCUT2D eigenvalue weighted by molar-refractivity contribution is 0.0752. The molecule has 0 aliphatic heterocycles. The molecule has 0 bridgehead atoms. The van der Waals surface area contributed by atoms with Crippen molar-refractivity contribution in [3.8, 4) is 0 Å². The van der Waals surface area contributed by atoms with Gasteiger partial charge in [-0.2, -0.15) is 4.39 Å². The first-order valence-electron chi connectivity index (χ1n) is 6.26. The minimum atomic E-state index is -0.662. The molecule has 1 aromatic heterocycles. The minimum Gasteiger partial charge on any atom is -0.335 e. The number of amides is 1. The van der Waals surface area contributed by atoms with Crippen molar-refractivity contribution in [1.82, 2.24) is 9.88 Å². The molecule has 0 saturated heterocycles. The molecule has 0 fully saturated rings. The SMILES string of the molecule is CCN(Cc1ccccc1Cl)C(=O)c1ccnc(F)c1. The van der Waals surface area contributed by atoms with Crippen molar-refractivity contribution in [1.29, 1.82) is 0 Å². The van der Waals surface area contributed by atoms with E-state index in [0.29, 0.717) is 18.1 Å². The number of halogens is 2. The van der Waals surface area contributed by atoms with Gasteiger partial charge in [-0.25, -0.2) is 4.98 Å². The number of aromatic nitrogens is 1. The third-order valence-electron chi connectivity index (χ3n) is 2.96. The number of nitrogens with zero attached hydrogens (tertiary/aromatic N) is 2. The van der Waals surface area contributed by atoms with Crippen LogP contribution in [0.3, 0.4) is 0 Å². The predicted molar refractivity (Wildman–Crippen MR) is 76.1 cm³/mol. The van der Waals surface area contributed by atoms with E-state index in [1.54, 1.807) is 11.0 Å². The maximum absolute atomic E-state index is 13.1. The first kappa shape index (κ1) is 14.5. The van der Waals surface area contributed by atoms with Gasteiger partial charge in [-0.15, -0.1) is 0 Å². The Morgan fingerprint density at radius 1 is 1.35 bits per heavy atom. The number of pyridine rings is 1. The number of carbonyl (C=O) groups is 1. The Morgan fingerprint density at radius 3 is 2.75 bits per heavy atom. The Hall–Kier alpha value is -1.94. The smallest absolute Gasteiger partial charge is 0.254 e. The van der Waals surface area contributed by atoms with Gasteiger partial charge in [0.05, 0.1) is 0 Å². The Labute approximate surface area is 122 Å². The fourth-order valence-corrected chi connectivity index (χ4v) is 2.07. The molecule has 104 valence electrons. The van der Waals surface area contributed by atoms with Gasteiger partial charge in [0.1, 0.15) is 0 Å². The predicted octanol–water partition coefficient (Wildman–Crippen LogP) is 3.54. The highest BCUT2D eigenvalue weighted by Crippen LogP contribution is 2.18. The first-order chi connectivity index (χ1) is 9.61. The lowest BCUT2D eigenvalue weighted by Crippen LogP contribution is -2.30. The molecule has 0 aliphatic carbocycles. The van der Waals surface area contributed by atoms with E-state index in [4.69, 9.17) is 11.6 Å². The summed E-state index contributed by atoms with van der Waals surface area (Å²) < 4.78 is 13.1. The largest absolute Gasteiger partial charge is 0.335 e. The van der Waals surface area contributed by atoms with E-state index in [2.05, 4.69) is 4.98 Å². The van der Waals surface area contributed by atoms with Gasteiger partial charge in [-0.1, -0.05) is 29.8 Å². The van der Waals surface area contributed by atoms with Crippen molar-refractivity contribution in [2.45, 2.75) is 13.5 Å². The van der Waals surface area contributed by atoms with Crippen LogP contribution in [0, 0.1) is 5.95 Å². The first-order valence-corrected chi connectivity index (χ1v) is 6.64. The van der Waals surface area contributed by atoms with Gasteiger partial charge in [0.2, 0.25) is 5.95 Å². The number of carbonyl (C=O) groups excluding carboxylic acids is 1. The van der Waals surface area contributed by atoms with Crippen LogP contribution in [0.25, 0.3) is 0 Å². The second-order valence-electron chi connectivity index (χ2n) is 4.28. The molecule has 0 unspecified atom stereocenters. The van der Waals surface area contributed by atoms with Crippen molar-refractivity contribution in [2.75, 3.05) is 6.54 Å². The Balaban J connectivity index is 2.20. The standard InChI is InChI=1S/C15H14ClFN2O/c1-2-19(10-12-5-3-4-6-13(12)16)15(20)11-7-8-18-14(17)9-11/h3-9H,2,10H2,1H3. The fraction of sp³-hybridized carbons (Fsp3) is 0.200. The molecule has 1 heterocycles. The van der Waals surface area contributed by atoms with Crippen LogP contribution in [0.15, 0.2) is 42.6 Å². The molecule has 0 radical (unpaired) electrons. The van der Waals surface area contributed by atoms with Gasteiger partial charge >= 0.3 is 0 Å². The van der Waals surface area contributed by atoms with E-state index in [-0.39, 0.29) is 11.5 Å². The maximum Gasteiger partial charge on any atom is 0.254 e. The average molecular weight is 293 g/mol.